The van der Waals surface area contributed by atoms with Gasteiger partial charge < -0.3 is 10.2 Å². The molecule has 0 saturated carbocycles. The largest absolute Gasteiger partial charge is 0.508 e. The van der Waals surface area contributed by atoms with Gasteiger partial charge in [0.2, 0.25) is 0 Å². The molecule has 0 saturated heterocycles. The Morgan fingerprint density at radius 2 is 1.14 bits per heavy atom. The number of hydrogen-bond donors (Lipinski definition) is 2. The van der Waals surface area contributed by atoms with Gasteiger partial charge in [0.05, 0.1) is 0 Å². The van der Waals surface area contributed by atoms with Crippen LogP contribution in [0.25, 0.3) is 0 Å². The Morgan fingerprint density at radius 3 is 1.48 bits per heavy atom. The fraction of sp³-hybridized carbons (Fsp3) is 0.158. The van der Waals surface area contributed by atoms with E-state index in [2.05, 4.69) is 13.2 Å². The molecule has 2 heteroatoms. The van der Waals surface area contributed by atoms with Gasteiger partial charge in [-0.3, -0.25) is 0 Å². The summed E-state index contributed by atoms with van der Waals surface area (Å²) in [7, 11) is 0. The van der Waals surface area contributed by atoms with Crippen LogP contribution in [0, 0.1) is 0 Å². The molecule has 0 fully saturated rings. The lowest BCUT2D eigenvalue weighted by Gasteiger charge is -2.34. The summed E-state index contributed by atoms with van der Waals surface area (Å²) in [5.74, 6) is 0.425. The van der Waals surface area contributed by atoms with Crippen molar-refractivity contribution in [1.29, 1.82) is 0 Å². The van der Waals surface area contributed by atoms with Crippen LogP contribution < -0.4 is 0 Å². The molecule has 2 N–H and O–H groups in total. The van der Waals surface area contributed by atoms with Gasteiger partial charge in [0.1, 0.15) is 11.5 Å². The van der Waals surface area contributed by atoms with E-state index >= 15 is 0 Å². The molecule has 0 aliphatic rings. The molecule has 2 nitrogen and oxygen atoms in total. The van der Waals surface area contributed by atoms with Crippen molar-refractivity contribution in [2.24, 2.45) is 0 Å². The maximum absolute atomic E-state index is 10.3. The van der Waals surface area contributed by atoms with Crippen molar-refractivity contribution in [3.63, 3.8) is 0 Å². The van der Waals surface area contributed by atoms with Crippen LogP contribution >= 0.6 is 0 Å². The second kappa shape index (κ2) is 6.31. The van der Waals surface area contributed by atoms with E-state index in [-0.39, 0.29) is 11.5 Å². The highest BCUT2D eigenvalue weighted by Gasteiger charge is 2.36. The van der Waals surface area contributed by atoms with Crippen molar-refractivity contribution < 1.29 is 10.2 Å². The van der Waals surface area contributed by atoms with Crippen molar-refractivity contribution in [2.75, 3.05) is 0 Å². The molecule has 108 valence electrons. The summed E-state index contributed by atoms with van der Waals surface area (Å²) in [4.78, 5) is 0. The molecular formula is C19H20O2. The van der Waals surface area contributed by atoms with E-state index in [1.807, 2.05) is 36.4 Å². The molecule has 0 spiro atoms. The number of benzene rings is 2. The molecule has 2 aromatic rings. The van der Waals surface area contributed by atoms with Crippen molar-refractivity contribution in [3.05, 3.63) is 85.0 Å². The van der Waals surface area contributed by atoms with Gasteiger partial charge in [-0.15, -0.1) is 13.2 Å². The molecule has 0 aliphatic heterocycles. The van der Waals surface area contributed by atoms with Crippen molar-refractivity contribution in [1.82, 2.24) is 0 Å². The molecule has 0 heterocycles. The van der Waals surface area contributed by atoms with Crippen LogP contribution in [0.3, 0.4) is 0 Å². The average molecular weight is 280 g/mol. The van der Waals surface area contributed by atoms with Gasteiger partial charge in [-0.25, -0.2) is 0 Å². The molecule has 0 radical (unpaired) electrons. The van der Waals surface area contributed by atoms with Crippen LogP contribution in [-0.4, -0.2) is 10.2 Å². The number of aromatic hydroxyl groups is 2. The fourth-order valence-corrected chi connectivity index (χ4v) is 2.92. The van der Waals surface area contributed by atoms with Crippen LogP contribution in [0.4, 0.5) is 0 Å². The molecule has 0 aliphatic carbocycles. The third-order valence-corrected chi connectivity index (χ3v) is 3.82. The minimum atomic E-state index is -0.569. The van der Waals surface area contributed by atoms with Crippen LogP contribution in [-0.2, 0) is 5.41 Å². The zero-order chi connectivity index (χ0) is 15.3. The summed E-state index contributed by atoms with van der Waals surface area (Å²) in [6.07, 6.45) is 4.80. The van der Waals surface area contributed by atoms with Gasteiger partial charge in [0.25, 0.3) is 0 Å². The van der Waals surface area contributed by atoms with Gasteiger partial charge >= 0.3 is 0 Å². The van der Waals surface area contributed by atoms with Crippen molar-refractivity contribution in [3.8, 4) is 11.5 Å². The van der Waals surface area contributed by atoms with Gasteiger partial charge in [0, 0.05) is 16.5 Å². The molecule has 2 rings (SSSR count). The van der Waals surface area contributed by atoms with E-state index in [9.17, 15) is 10.2 Å². The van der Waals surface area contributed by atoms with Crippen molar-refractivity contribution >= 4 is 0 Å². The molecule has 21 heavy (non-hydrogen) atoms. The highest BCUT2D eigenvalue weighted by molar-refractivity contribution is 5.52. The highest BCUT2D eigenvalue weighted by atomic mass is 16.3. The first-order valence-corrected chi connectivity index (χ1v) is 6.94. The number of rotatable bonds is 6. The van der Waals surface area contributed by atoms with E-state index in [0.29, 0.717) is 12.8 Å². The Morgan fingerprint density at radius 1 is 0.762 bits per heavy atom. The third kappa shape index (κ3) is 2.70. The number of allylic oxidation sites excluding steroid dienone is 2. The Labute approximate surface area is 125 Å². The third-order valence-electron chi connectivity index (χ3n) is 3.82. The second-order valence-electron chi connectivity index (χ2n) is 5.10. The average Bonchev–Trinajstić information content (AvgIpc) is 2.48. The first kappa shape index (κ1) is 14.9. The van der Waals surface area contributed by atoms with Gasteiger partial charge in [-0.1, -0.05) is 48.6 Å². The molecule has 0 bridgehead atoms. The topological polar surface area (TPSA) is 40.5 Å². The predicted octanol–water partition coefficient (Wildman–Crippen LogP) is 4.54. The maximum Gasteiger partial charge on any atom is 0.119 e. The van der Waals surface area contributed by atoms with E-state index in [1.54, 1.807) is 24.3 Å². The van der Waals surface area contributed by atoms with Crippen LogP contribution in [0.15, 0.2) is 73.8 Å². The molecule has 0 amide bonds. The molecular weight excluding hydrogens is 260 g/mol. The van der Waals surface area contributed by atoms with Crippen LogP contribution in [0.5, 0.6) is 11.5 Å². The Bertz CT molecular complexity index is 586. The summed E-state index contributed by atoms with van der Waals surface area (Å²) in [5, 5.41) is 20.6. The maximum atomic E-state index is 10.3. The molecule has 0 atom stereocenters. The predicted molar refractivity (Wildman–Crippen MR) is 86.6 cm³/mol. The van der Waals surface area contributed by atoms with E-state index in [4.69, 9.17) is 0 Å². The fourth-order valence-electron chi connectivity index (χ4n) is 2.92. The van der Waals surface area contributed by atoms with Gasteiger partial charge in [-0.2, -0.15) is 0 Å². The zero-order valence-corrected chi connectivity index (χ0v) is 12.0. The number of phenolic OH excluding ortho intramolecular Hbond substituents is 2. The van der Waals surface area contributed by atoms with E-state index in [1.165, 1.54) is 0 Å². The lowest BCUT2D eigenvalue weighted by molar-refractivity contribution is 0.414. The SMILES string of the molecule is C=CCC(CC=C)(c1ccccc1O)c1ccccc1O. The smallest absolute Gasteiger partial charge is 0.119 e. The summed E-state index contributed by atoms with van der Waals surface area (Å²) < 4.78 is 0. The lowest BCUT2D eigenvalue weighted by Crippen LogP contribution is -2.27. The van der Waals surface area contributed by atoms with Crippen LogP contribution in [0.1, 0.15) is 24.0 Å². The first-order chi connectivity index (χ1) is 10.2. The summed E-state index contributed by atoms with van der Waals surface area (Å²) in [5.41, 5.74) is 0.970. The molecule has 0 aromatic heterocycles. The van der Waals surface area contributed by atoms with E-state index < -0.39 is 5.41 Å². The molecule has 0 unspecified atom stereocenters. The number of para-hydroxylation sites is 2. The standard InChI is InChI=1S/C19H20O2/c1-3-13-19(14-4-2,15-9-5-7-11-17(15)20)16-10-6-8-12-18(16)21/h3-12,20-21H,1-2,13-14H2. The van der Waals surface area contributed by atoms with Crippen LogP contribution in [0.2, 0.25) is 0 Å². The summed E-state index contributed by atoms with van der Waals surface area (Å²) in [6.45, 7) is 7.68. The second-order valence-corrected chi connectivity index (χ2v) is 5.10. The van der Waals surface area contributed by atoms with Gasteiger partial charge in [-0.05, 0) is 25.0 Å². The number of phenols is 2. The Hall–Kier alpha value is -2.48. The summed E-state index contributed by atoms with van der Waals surface area (Å²) in [6, 6.07) is 14.4. The van der Waals surface area contributed by atoms with Crippen molar-refractivity contribution in [2.45, 2.75) is 18.3 Å². The Kier molecular flexibility index (Phi) is 4.49. The summed E-state index contributed by atoms with van der Waals surface area (Å²) >= 11 is 0. The normalized spacial score (nSPS) is 11.0. The highest BCUT2D eigenvalue weighted by Crippen LogP contribution is 2.46. The minimum absolute atomic E-state index is 0.212. The zero-order valence-electron chi connectivity index (χ0n) is 12.0. The monoisotopic (exact) mass is 280 g/mol. The first-order valence-electron chi connectivity index (χ1n) is 6.94. The van der Waals surface area contributed by atoms with E-state index in [0.717, 1.165) is 11.1 Å². The lowest BCUT2D eigenvalue weighted by atomic mass is 9.69. The number of hydrogen-bond acceptors (Lipinski definition) is 2. The Balaban J connectivity index is 2.75. The quantitative estimate of drug-likeness (QED) is 0.763. The molecule has 2 aromatic carbocycles. The van der Waals surface area contributed by atoms with Gasteiger partial charge in [0.15, 0.2) is 0 Å². The minimum Gasteiger partial charge on any atom is -0.508 e.